The Morgan fingerprint density at radius 2 is 2.09 bits per heavy atom. The maximum absolute atomic E-state index is 12.7. The standard InChI is InChI=1S/C17H24N4O2/c1-20-12-15(11-19-20)13-21(8-9-23-2)17(22)16(18)10-14-6-4-3-5-7-14/h3-7,11-12,16H,8-10,13,18H2,1-2H3/t16-/m0/s1. The van der Waals surface area contributed by atoms with Crippen LogP contribution in [0.3, 0.4) is 0 Å². The molecule has 6 heteroatoms. The van der Waals surface area contributed by atoms with E-state index in [2.05, 4.69) is 5.10 Å². The summed E-state index contributed by atoms with van der Waals surface area (Å²) in [7, 11) is 3.47. The molecule has 0 unspecified atom stereocenters. The van der Waals surface area contributed by atoms with Crippen LogP contribution in [0.25, 0.3) is 0 Å². The lowest BCUT2D eigenvalue weighted by molar-refractivity contribution is -0.133. The van der Waals surface area contributed by atoms with E-state index in [0.29, 0.717) is 26.1 Å². The smallest absolute Gasteiger partial charge is 0.240 e. The zero-order chi connectivity index (χ0) is 16.7. The summed E-state index contributed by atoms with van der Waals surface area (Å²) in [5, 5.41) is 4.14. The number of rotatable bonds is 8. The van der Waals surface area contributed by atoms with Gasteiger partial charge in [0.15, 0.2) is 0 Å². The highest BCUT2D eigenvalue weighted by molar-refractivity contribution is 5.82. The van der Waals surface area contributed by atoms with Crippen LogP contribution in [-0.4, -0.2) is 46.9 Å². The largest absolute Gasteiger partial charge is 0.383 e. The van der Waals surface area contributed by atoms with Crippen molar-refractivity contribution < 1.29 is 9.53 Å². The molecule has 0 saturated heterocycles. The molecule has 0 radical (unpaired) electrons. The molecule has 1 amide bonds. The zero-order valence-corrected chi connectivity index (χ0v) is 13.7. The molecule has 2 aromatic rings. The van der Waals surface area contributed by atoms with Gasteiger partial charge in [-0.1, -0.05) is 30.3 Å². The molecule has 124 valence electrons. The van der Waals surface area contributed by atoms with Crippen LogP contribution in [0, 0.1) is 0 Å². The van der Waals surface area contributed by atoms with Gasteiger partial charge < -0.3 is 15.4 Å². The first-order valence-electron chi connectivity index (χ1n) is 7.65. The number of carbonyl (C=O) groups is 1. The van der Waals surface area contributed by atoms with Gasteiger partial charge in [0.1, 0.15) is 0 Å². The number of ether oxygens (including phenoxy) is 1. The van der Waals surface area contributed by atoms with Crippen molar-refractivity contribution in [2.75, 3.05) is 20.3 Å². The van der Waals surface area contributed by atoms with E-state index in [-0.39, 0.29) is 5.91 Å². The van der Waals surface area contributed by atoms with Gasteiger partial charge >= 0.3 is 0 Å². The quantitative estimate of drug-likeness (QED) is 0.787. The van der Waals surface area contributed by atoms with E-state index in [0.717, 1.165) is 11.1 Å². The lowest BCUT2D eigenvalue weighted by Crippen LogP contribution is -2.45. The first-order valence-corrected chi connectivity index (χ1v) is 7.65. The summed E-state index contributed by atoms with van der Waals surface area (Å²) in [4.78, 5) is 14.4. The SMILES string of the molecule is COCCN(Cc1cnn(C)c1)C(=O)[C@@H](N)Cc1ccccc1. The Morgan fingerprint density at radius 1 is 1.35 bits per heavy atom. The topological polar surface area (TPSA) is 73.4 Å². The van der Waals surface area contributed by atoms with E-state index >= 15 is 0 Å². The molecule has 2 rings (SSSR count). The molecule has 2 N–H and O–H groups in total. The highest BCUT2D eigenvalue weighted by Crippen LogP contribution is 2.08. The molecule has 1 heterocycles. The van der Waals surface area contributed by atoms with Gasteiger partial charge in [0, 0.05) is 39.0 Å². The van der Waals surface area contributed by atoms with E-state index < -0.39 is 6.04 Å². The molecule has 1 atom stereocenters. The van der Waals surface area contributed by atoms with Crippen LogP contribution >= 0.6 is 0 Å². The summed E-state index contributed by atoms with van der Waals surface area (Å²) in [6.45, 7) is 1.47. The molecule has 0 aliphatic heterocycles. The Morgan fingerprint density at radius 3 is 2.70 bits per heavy atom. The van der Waals surface area contributed by atoms with Gasteiger partial charge in [0.25, 0.3) is 0 Å². The molecule has 23 heavy (non-hydrogen) atoms. The highest BCUT2D eigenvalue weighted by atomic mass is 16.5. The molecular weight excluding hydrogens is 292 g/mol. The van der Waals surface area contributed by atoms with E-state index in [9.17, 15) is 4.79 Å². The number of nitrogens with two attached hydrogens (primary N) is 1. The molecule has 0 fully saturated rings. The third kappa shape index (κ3) is 5.19. The van der Waals surface area contributed by atoms with Crippen LogP contribution in [0.15, 0.2) is 42.7 Å². The minimum atomic E-state index is -0.564. The Hall–Kier alpha value is -2.18. The summed E-state index contributed by atoms with van der Waals surface area (Å²) < 4.78 is 6.83. The van der Waals surface area contributed by atoms with Crippen LogP contribution in [0.5, 0.6) is 0 Å². The van der Waals surface area contributed by atoms with Crippen molar-refractivity contribution in [1.29, 1.82) is 0 Å². The van der Waals surface area contributed by atoms with Crippen molar-refractivity contribution in [3.63, 3.8) is 0 Å². The fourth-order valence-corrected chi connectivity index (χ4v) is 2.43. The van der Waals surface area contributed by atoms with Gasteiger partial charge in [-0.05, 0) is 12.0 Å². The summed E-state index contributed by atoms with van der Waals surface area (Å²) in [5.41, 5.74) is 8.16. The van der Waals surface area contributed by atoms with E-state index in [4.69, 9.17) is 10.5 Å². The molecule has 0 spiro atoms. The fourth-order valence-electron chi connectivity index (χ4n) is 2.43. The first kappa shape index (κ1) is 17.2. The number of nitrogens with zero attached hydrogens (tertiary/aromatic N) is 3. The maximum Gasteiger partial charge on any atom is 0.240 e. The number of aryl methyl sites for hydroxylation is 1. The minimum absolute atomic E-state index is 0.0743. The predicted molar refractivity (Wildman–Crippen MR) is 88.6 cm³/mol. The molecule has 0 saturated carbocycles. The van der Waals surface area contributed by atoms with Crippen molar-refractivity contribution in [2.45, 2.75) is 19.0 Å². The first-order chi connectivity index (χ1) is 11.1. The second kappa shape index (κ2) is 8.45. The molecule has 6 nitrogen and oxygen atoms in total. The van der Waals surface area contributed by atoms with E-state index in [1.165, 1.54) is 0 Å². The molecule has 0 bridgehead atoms. The lowest BCUT2D eigenvalue weighted by Gasteiger charge is -2.25. The highest BCUT2D eigenvalue weighted by Gasteiger charge is 2.21. The lowest BCUT2D eigenvalue weighted by atomic mass is 10.1. The minimum Gasteiger partial charge on any atom is -0.383 e. The van der Waals surface area contributed by atoms with Crippen molar-refractivity contribution in [3.05, 3.63) is 53.9 Å². The van der Waals surface area contributed by atoms with Gasteiger partial charge in [-0.25, -0.2) is 0 Å². The number of carbonyl (C=O) groups excluding carboxylic acids is 1. The van der Waals surface area contributed by atoms with Crippen molar-refractivity contribution in [1.82, 2.24) is 14.7 Å². The summed E-state index contributed by atoms with van der Waals surface area (Å²) in [5.74, 6) is -0.0743. The fraction of sp³-hybridized carbons (Fsp3) is 0.412. The Labute approximate surface area is 136 Å². The second-order valence-corrected chi connectivity index (χ2v) is 5.57. The number of methoxy groups -OCH3 is 1. The second-order valence-electron chi connectivity index (χ2n) is 5.57. The van der Waals surface area contributed by atoms with Gasteiger partial charge in [-0.3, -0.25) is 9.48 Å². The Balaban J connectivity index is 2.02. The van der Waals surface area contributed by atoms with Crippen molar-refractivity contribution >= 4 is 5.91 Å². The van der Waals surface area contributed by atoms with Crippen LogP contribution in [0.2, 0.25) is 0 Å². The zero-order valence-electron chi connectivity index (χ0n) is 13.7. The average Bonchev–Trinajstić information content (AvgIpc) is 2.96. The number of benzene rings is 1. The molecule has 1 aromatic carbocycles. The number of hydrogen-bond donors (Lipinski definition) is 1. The molecular formula is C17H24N4O2. The molecule has 1 aromatic heterocycles. The third-order valence-corrected chi connectivity index (χ3v) is 3.62. The van der Waals surface area contributed by atoms with Crippen LogP contribution < -0.4 is 5.73 Å². The third-order valence-electron chi connectivity index (χ3n) is 3.62. The van der Waals surface area contributed by atoms with E-state index in [1.807, 2.05) is 43.6 Å². The number of hydrogen-bond acceptors (Lipinski definition) is 4. The van der Waals surface area contributed by atoms with Gasteiger partial charge in [-0.2, -0.15) is 5.10 Å². The molecule has 0 aliphatic carbocycles. The van der Waals surface area contributed by atoms with Crippen LogP contribution in [0.1, 0.15) is 11.1 Å². The van der Waals surface area contributed by atoms with Crippen molar-refractivity contribution in [3.8, 4) is 0 Å². The van der Waals surface area contributed by atoms with Gasteiger partial charge in [0.2, 0.25) is 5.91 Å². The van der Waals surface area contributed by atoms with Gasteiger partial charge in [0.05, 0.1) is 18.8 Å². The number of amides is 1. The maximum atomic E-state index is 12.7. The summed E-state index contributed by atoms with van der Waals surface area (Å²) >= 11 is 0. The molecule has 0 aliphatic rings. The predicted octanol–water partition coefficient (Wildman–Crippen LogP) is 0.965. The normalized spacial score (nSPS) is 12.1. The summed E-state index contributed by atoms with van der Waals surface area (Å²) in [6, 6.07) is 9.24. The number of aromatic nitrogens is 2. The van der Waals surface area contributed by atoms with Crippen LogP contribution in [-0.2, 0) is 29.5 Å². The summed E-state index contributed by atoms with van der Waals surface area (Å²) in [6.07, 6.45) is 4.18. The Kier molecular flexibility index (Phi) is 6.31. The monoisotopic (exact) mass is 316 g/mol. The Bertz CT molecular complexity index is 612. The average molecular weight is 316 g/mol. The van der Waals surface area contributed by atoms with Gasteiger partial charge in [-0.15, -0.1) is 0 Å². The van der Waals surface area contributed by atoms with Crippen molar-refractivity contribution in [2.24, 2.45) is 12.8 Å². The van der Waals surface area contributed by atoms with E-state index in [1.54, 1.807) is 22.9 Å². The van der Waals surface area contributed by atoms with Crippen LogP contribution in [0.4, 0.5) is 0 Å².